The van der Waals surface area contributed by atoms with E-state index >= 15 is 0 Å². The molecule has 6 heteroatoms. The maximum Gasteiger partial charge on any atom is 0.183 e. The zero-order valence-electron chi connectivity index (χ0n) is 10.2. The number of rotatable bonds is 4. The summed E-state index contributed by atoms with van der Waals surface area (Å²) in [5, 5.41) is 10.9. The number of fused-ring (bicyclic) bond motifs is 1. The zero-order valence-corrected chi connectivity index (χ0v) is 11.8. The van der Waals surface area contributed by atoms with Crippen LogP contribution in [0.1, 0.15) is 23.7 Å². The van der Waals surface area contributed by atoms with Gasteiger partial charge in [-0.1, -0.05) is 28.9 Å². The first-order valence-electron chi connectivity index (χ1n) is 5.86. The molecule has 1 aromatic carbocycles. The van der Waals surface area contributed by atoms with Crippen molar-refractivity contribution in [2.45, 2.75) is 24.3 Å². The number of alkyl halides is 1. The molecule has 0 spiro atoms. The lowest BCUT2D eigenvalue weighted by Gasteiger charge is -2.25. The number of aliphatic carboxylic acids is 1. The van der Waals surface area contributed by atoms with E-state index < -0.39 is 16.9 Å². The minimum absolute atomic E-state index is 0.104. The first-order chi connectivity index (χ1) is 9.04. The largest absolute Gasteiger partial charge is 0.546 e. The number of carbonyl (C=O) groups is 2. The molecule has 0 saturated carbocycles. The first-order valence-corrected chi connectivity index (χ1v) is 6.77. The molecule has 1 heterocycles. The number of Topliss-reactive ketones (excluding diaryl/α,β-unsaturated/α-hetero) is 1. The molecular weight excluding hydrogens is 316 g/mol. The molecule has 5 nitrogen and oxygen atoms in total. The number of carboxylic acids is 1. The van der Waals surface area contributed by atoms with Crippen molar-refractivity contribution in [2.75, 3.05) is 6.61 Å². The second kappa shape index (κ2) is 5.61. The second-order valence-corrected chi connectivity index (χ2v) is 5.21. The Hall–Kier alpha value is -1.56. The van der Waals surface area contributed by atoms with Gasteiger partial charge in [0.2, 0.25) is 0 Å². The van der Waals surface area contributed by atoms with Crippen molar-refractivity contribution in [1.29, 1.82) is 0 Å². The highest BCUT2D eigenvalue weighted by molar-refractivity contribution is 9.10. The van der Waals surface area contributed by atoms with Gasteiger partial charge in [0.25, 0.3) is 0 Å². The molecule has 2 atom stereocenters. The molecule has 1 aromatic rings. The van der Waals surface area contributed by atoms with Gasteiger partial charge in [-0.2, -0.15) is 0 Å². The summed E-state index contributed by atoms with van der Waals surface area (Å²) in [4.78, 5) is 22.4. The molecule has 0 saturated heterocycles. The van der Waals surface area contributed by atoms with Gasteiger partial charge in [-0.25, -0.2) is 0 Å². The van der Waals surface area contributed by atoms with Crippen LogP contribution >= 0.6 is 15.9 Å². The van der Waals surface area contributed by atoms with Crippen LogP contribution in [0.2, 0.25) is 0 Å². The molecule has 2 rings (SSSR count). The highest BCUT2D eigenvalue weighted by Gasteiger charge is 2.29. The van der Waals surface area contributed by atoms with Crippen molar-refractivity contribution in [1.82, 2.24) is 0 Å². The average Bonchev–Trinajstić information content (AvgIpc) is 2.40. The Morgan fingerprint density at radius 3 is 3.00 bits per heavy atom. The van der Waals surface area contributed by atoms with Gasteiger partial charge in [-0.05, 0) is 18.6 Å². The predicted molar refractivity (Wildman–Crippen MR) is 68.7 cm³/mol. The minimum Gasteiger partial charge on any atom is -0.546 e. The van der Waals surface area contributed by atoms with E-state index in [0.29, 0.717) is 11.3 Å². The molecule has 1 aliphatic rings. The third kappa shape index (κ3) is 2.73. The lowest BCUT2D eigenvalue weighted by molar-refractivity contribution is -0.313. The summed E-state index contributed by atoms with van der Waals surface area (Å²) < 4.78 is 10.8. The Balaban J connectivity index is 2.33. The van der Waals surface area contributed by atoms with E-state index in [1.807, 2.05) is 0 Å². The van der Waals surface area contributed by atoms with Crippen LogP contribution in [-0.4, -0.2) is 29.3 Å². The van der Waals surface area contributed by atoms with Crippen molar-refractivity contribution in [2.24, 2.45) is 0 Å². The van der Waals surface area contributed by atoms with E-state index in [1.54, 1.807) is 25.1 Å². The molecule has 1 aliphatic heterocycles. The normalized spacial score (nSPS) is 19.3. The zero-order chi connectivity index (χ0) is 14.0. The molecule has 2 unspecified atom stereocenters. The summed E-state index contributed by atoms with van der Waals surface area (Å²) in [5.74, 6) is -0.849. The molecular formula is C13H12BrO5-. The molecule has 0 bridgehead atoms. The number of para-hydroxylation sites is 1. The van der Waals surface area contributed by atoms with E-state index in [4.69, 9.17) is 9.47 Å². The van der Waals surface area contributed by atoms with Gasteiger partial charge < -0.3 is 19.4 Å². The maximum atomic E-state index is 11.9. The van der Waals surface area contributed by atoms with E-state index in [2.05, 4.69) is 15.9 Å². The van der Waals surface area contributed by atoms with Gasteiger partial charge in [0.05, 0.1) is 11.5 Å². The van der Waals surface area contributed by atoms with E-state index in [-0.39, 0.29) is 24.6 Å². The lowest BCUT2D eigenvalue weighted by Crippen LogP contribution is -2.39. The molecule has 102 valence electrons. The standard InChI is InChI=1S/C13H13BrO5/c1-2-9(13(16)17)19-10-5-3-4-7-11(15)8(14)6-18-12(7)10/h3-5,8-9H,2,6H2,1H3,(H,16,17)/p-1. The smallest absolute Gasteiger partial charge is 0.183 e. The van der Waals surface area contributed by atoms with Gasteiger partial charge in [0.15, 0.2) is 17.3 Å². The Labute approximate surface area is 118 Å². The Bertz CT molecular complexity index is 514. The van der Waals surface area contributed by atoms with Crippen LogP contribution in [0.4, 0.5) is 0 Å². The number of benzene rings is 1. The Morgan fingerprint density at radius 2 is 2.37 bits per heavy atom. The number of carbonyl (C=O) groups excluding carboxylic acids is 2. The summed E-state index contributed by atoms with van der Waals surface area (Å²) in [5.41, 5.74) is 0.388. The van der Waals surface area contributed by atoms with Crippen LogP contribution in [-0.2, 0) is 4.79 Å². The quantitative estimate of drug-likeness (QED) is 0.769. The molecule has 0 aliphatic carbocycles. The maximum absolute atomic E-state index is 11.9. The summed E-state index contributed by atoms with van der Waals surface area (Å²) in [7, 11) is 0. The fourth-order valence-corrected chi connectivity index (χ4v) is 2.18. The highest BCUT2D eigenvalue weighted by atomic mass is 79.9. The van der Waals surface area contributed by atoms with Crippen molar-refractivity contribution in [3.8, 4) is 11.5 Å². The lowest BCUT2D eigenvalue weighted by atomic mass is 10.0. The van der Waals surface area contributed by atoms with Crippen molar-refractivity contribution < 1.29 is 24.2 Å². The van der Waals surface area contributed by atoms with E-state index in [0.717, 1.165) is 0 Å². The average molecular weight is 328 g/mol. The Kier molecular flexibility index (Phi) is 4.09. The van der Waals surface area contributed by atoms with Gasteiger partial charge in [0, 0.05) is 0 Å². The molecule has 0 N–H and O–H groups in total. The summed E-state index contributed by atoms with van der Waals surface area (Å²) in [6.45, 7) is 1.87. The van der Waals surface area contributed by atoms with Crippen molar-refractivity contribution >= 4 is 27.7 Å². The topological polar surface area (TPSA) is 75.7 Å². The van der Waals surface area contributed by atoms with Crippen LogP contribution in [0.3, 0.4) is 0 Å². The van der Waals surface area contributed by atoms with Gasteiger partial charge >= 0.3 is 0 Å². The van der Waals surface area contributed by atoms with E-state index in [1.165, 1.54) is 0 Å². The summed E-state index contributed by atoms with van der Waals surface area (Å²) in [6.07, 6.45) is -0.798. The Morgan fingerprint density at radius 1 is 1.63 bits per heavy atom. The molecule has 0 aromatic heterocycles. The van der Waals surface area contributed by atoms with Crippen LogP contribution < -0.4 is 14.6 Å². The van der Waals surface area contributed by atoms with Gasteiger partial charge in [-0.15, -0.1) is 0 Å². The first kappa shape index (κ1) is 13.9. The van der Waals surface area contributed by atoms with Crippen molar-refractivity contribution in [3.05, 3.63) is 23.8 Å². The minimum atomic E-state index is -1.29. The second-order valence-electron chi connectivity index (χ2n) is 4.11. The third-order valence-electron chi connectivity index (χ3n) is 2.81. The van der Waals surface area contributed by atoms with Crippen LogP contribution in [0.15, 0.2) is 18.2 Å². The molecule has 0 radical (unpaired) electrons. The van der Waals surface area contributed by atoms with Gasteiger partial charge in [-0.3, -0.25) is 4.79 Å². The number of ether oxygens (including phenoxy) is 2. The summed E-state index contributed by atoms with van der Waals surface area (Å²) in [6, 6.07) is 4.83. The van der Waals surface area contributed by atoms with Crippen LogP contribution in [0.25, 0.3) is 0 Å². The number of halogens is 1. The summed E-state index contributed by atoms with van der Waals surface area (Å²) >= 11 is 3.22. The number of hydrogen-bond donors (Lipinski definition) is 0. The predicted octanol–water partition coefficient (Wildman–Crippen LogP) is 0.932. The molecule has 19 heavy (non-hydrogen) atoms. The van der Waals surface area contributed by atoms with Crippen molar-refractivity contribution in [3.63, 3.8) is 0 Å². The number of hydrogen-bond acceptors (Lipinski definition) is 5. The van der Waals surface area contributed by atoms with Crippen LogP contribution in [0, 0.1) is 0 Å². The SMILES string of the molecule is CCC(Oc1cccc2c1OCC(Br)C2=O)C(=O)[O-]. The fourth-order valence-electron chi connectivity index (χ4n) is 1.80. The van der Waals surface area contributed by atoms with E-state index in [9.17, 15) is 14.7 Å². The van der Waals surface area contributed by atoms with Gasteiger partial charge in [0.1, 0.15) is 17.5 Å². The number of carboxylic acid groups (broad SMARTS) is 1. The number of ketones is 1. The molecule has 0 fully saturated rings. The van der Waals surface area contributed by atoms with Crippen LogP contribution in [0.5, 0.6) is 11.5 Å². The fraction of sp³-hybridized carbons (Fsp3) is 0.385. The monoisotopic (exact) mass is 327 g/mol. The molecule has 0 amide bonds. The highest BCUT2D eigenvalue weighted by Crippen LogP contribution is 2.36. The third-order valence-corrected chi connectivity index (χ3v) is 3.49.